The van der Waals surface area contributed by atoms with E-state index in [1.54, 1.807) is 13.2 Å². The third kappa shape index (κ3) is 4.97. The number of hydrogen-bond acceptors (Lipinski definition) is 3. The van der Waals surface area contributed by atoms with Crippen LogP contribution in [0.15, 0.2) is 24.3 Å². The van der Waals surface area contributed by atoms with Gasteiger partial charge in [-0.3, -0.25) is 0 Å². The Morgan fingerprint density at radius 2 is 2.18 bits per heavy atom. The first-order chi connectivity index (χ1) is 8.27. The van der Waals surface area contributed by atoms with Crippen LogP contribution in [0.2, 0.25) is 0 Å². The topological polar surface area (TPSA) is 30.5 Å². The number of nitrogens with one attached hydrogen (secondary N) is 1. The van der Waals surface area contributed by atoms with E-state index in [1.165, 1.54) is 13.2 Å². The predicted octanol–water partition coefficient (Wildman–Crippen LogP) is 2.08. The summed E-state index contributed by atoms with van der Waals surface area (Å²) in [5.41, 5.74) is 0.817. The van der Waals surface area contributed by atoms with Gasteiger partial charge in [-0.05, 0) is 17.7 Å². The van der Waals surface area contributed by atoms with Gasteiger partial charge in [0.05, 0.1) is 13.7 Å². The fraction of sp³-hybridized carbons (Fsp3) is 0.385. The maximum absolute atomic E-state index is 13.3. The van der Waals surface area contributed by atoms with Gasteiger partial charge in [0.1, 0.15) is 0 Å². The van der Waals surface area contributed by atoms with Gasteiger partial charge in [-0.15, -0.1) is 0 Å². The molecule has 0 saturated carbocycles. The molecule has 1 aromatic rings. The highest BCUT2D eigenvalue weighted by atomic mass is 19.1. The van der Waals surface area contributed by atoms with Crippen molar-refractivity contribution in [3.8, 4) is 5.75 Å². The summed E-state index contributed by atoms with van der Waals surface area (Å²) in [5.74, 6) is -0.0811. The third-order valence-corrected chi connectivity index (χ3v) is 2.23. The first kappa shape index (κ1) is 13.7. The van der Waals surface area contributed by atoms with Crippen molar-refractivity contribution in [3.05, 3.63) is 35.7 Å². The van der Waals surface area contributed by atoms with Gasteiger partial charge in [0.25, 0.3) is 0 Å². The Kier molecular flexibility index (Phi) is 6.29. The first-order valence-corrected chi connectivity index (χ1v) is 5.47. The summed E-state index contributed by atoms with van der Waals surface area (Å²) >= 11 is 0. The molecule has 0 bridgehead atoms. The molecule has 0 fully saturated rings. The molecule has 0 atom stereocenters. The lowest BCUT2D eigenvalue weighted by Gasteiger charge is -2.02. The molecule has 0 aliphatic rings. The second-order valence-corrected chi connectivity index (χ2v) is 3.49. The number of ether oxygens (including phenoxy) is 2. The van der Waals surface area contributed by atoms with Gasteiger partial charge >= 0.3 is 0 Å². The Morgan fingerprint density at radius 3 is 2.82 bits per heavy atom. The molecule has 17 heavy (non-hydrogen) atoms. The predicted molar refractivity (Wildman–Crippen MR) is 66.7 cm³/mol. The Balaban J connectivity index is 2.40. The van der Waals surface area contributed by atoms with Crippen molar-refractivity contribution in [1.29, 1.82) is 0 Å². The van der Waals surface area contributed by atoms with Gasteiger partial charge in [0.2, 0.25) is 0 Å². The minimum atomic E-state index is -0.345. The van der Waals surface area contributed by atoms with E-state index >= 15 is 0 Å². The molecule has 1 rings (SSSR count). The van der Waals surface area contributed by atoms with Crippen LogP contribution in [-0.2, 0) is 4.74 Å². The molecular weight excluding hydrogens is 221 g/mol. The summed E-state index contributed by atoms with van der Waals surface area (Å²) in [6.45, 7) is 2.22. The molecule has 1 aromatic carbocycles. The highest BCUT2D eigenvalue weighted by Crippen LogP contribution is 2.18. The maximum atomic E-state index is 13.3. The molecule has 4 heteroatoms. The van der Waals surface area contributed by atoms with Gasteiger partial charge in [-0.25, -0.2) is 4.39 Å². The van der Waals surface area contributed by atoms with Crippen LogP contribution in [0.1, 0.15) is 5.56 Å². The minimum absolute atomic E-state index is 0.264. The minimum Gasteiger partial charge on any atom is -0.494 e. The summed E-state index contributed by atoms with van der Waals surface area (Å²) < 4.78 is 23.1. The van der Waals surface area contributed by atoms with Gasteiger partial charge < -0.3 is 14.8 Å². The average molecular weight is 239 g/mol. The number of benzene rings is 1. The van der Waals surface area contributed by atoms with E-state index in [-0.39, 0.29) is 11.6 Å². The molecule has 3 nitrogen and oxygen atoms in total. The van der Waals surface area contributed by atoms with Gasteiger partial charge in [0, 0.05) is 20.2 Å². The monoisotopic (exact) mass is 239 g/mol. The van der Waals surface area contributed by atoms with Crippen LogP contribution < -0.4 is 10.1 Å². The van der Waals surface area contributed by atoms with Gasteiger partial charge in [0.15, 0.2) is 11.6 Å². The smallest absolute Gasteiger partial charge is 0.165 e. The zero-order chi connectivity index (χ0) is 12.5. The van der Waals surface area contributed by atoms with Crippen LogP contribution in [0.3, 0.4) is 0 Å². The van der Waals surface area contributed by atoms with Crippen LogP contribution in [0.5, 0.6) is 5.75 Å². The standard InChI is InChI=1S/C13H18FNO2/c1-16-9-8-15-7-3-4-11-5-6-13(17-2)12(14)10-11/h3-6,10,15H,7-9H2,1-2H3. The molecular formula is C13H18FNO2. The molecule has 1 N–H and O–H groups in total. The van der Waals surface area contributed by atoms with Crippen LogP contribution in [0.4, 0.5) is 4.39 Å². The zero-order valence-electron chi connectivity index (χ0n) is 10.2. The van der Waals surface area contributed by atoms with E-state index < -0.39 is 0 Å². The second-order valence-electron chi connectivity index (χ2n) is 3.49. The van der Waals surface area contributed by atoms with Crippen LogP contribution in [-0.4, -0.2) is 33.9 Å². The Hall–Kier alpha value is -1.39. The molecule has 0 radical (unpaired) electrons. The first-order valence-electron chi connectivity index (χ1n) is 5.47. The van der Waals surface area contributed by atoms with E-state index in [9.17, 15) is 4.39 Å². The lowest BCUT2D eigenvalue weighted by atomic mass is 10.2. The van der Waals surface area contributed by atoms with E-state index in [0.29, 0.717) is 6.61 Å². The van der Waals surface area contributed by atoms with Crippen molar-refractivity contribution in [3.63, 3.8) is 0 Å². The van der Waals surface area contributed by atoms with E-state index in [1.807, 2.05) is 18.2 Å². The van der Waals surface area contributed by atoms with Crippen LogP contribution in [0.25, 0.3) is 6.08 Å². The molecule has 0 spiro atoms. The number of methoxy groups -OCH3 is 2. The fourth-order valence-corrected chi connectivity index (χ4v) is 1.34. The third-order valence-electron chi connectivity index (χ3n) is 2.23. The molecule has 0 saturated heterocycles. The second kappa shape index (κ2) is 7.81. The quantitative estimate of drug-likeness (QED) is 0.739. The van der Waals surface area contributed by atoms with E-state index in [2.05, 4.69) is 5.32 Å². The Morgan fingerprint density at radius 1 is 1.35 bits per heavy atom. The maximum Gasteiger partial charge on any atom is 0.165 e. The number of hydrogen-bond donors (Lipinski definition) is 1. The fourth-order valence-electron chi connectivity index (χ4n) is 1.34. The van der Waals surface area contributed by atoms with Crippen molar-refractivity contribution in [2.75, 3.05) is 33.9 Å². The van der Waals surface area contributed by atoms with E-state index in [4.69, 9.17) is 9.47 Å². The molecule has 0 aromatic heterocycles. The van der Waals surface area contributed by atoms with Crippen LogP contribution >= 0.6 is 0 Å². The van der Waals surface area contributed by atoms with Crippen molar-refractivity contribution < 1.29 is 13.9 Å². The van der Waals surface area contributed by atoms with Crippen molar-refractivity contribution in [1.82, 2.24) is 5.32 Å². The Bertz CT molecular complexity index is 366. The molecule has 0 unspecified atom stereocenters. The molecule has 0 aliphatic heterocycles. The molecule has 94 valence electrons. The number of rotatable bonds is 7. The lowest BCUT2D eigenvalue weighted by Crippen LogP contribution is -2.18. The lowest BCUT2D eigenvalue weighted by molar-refractivity contribution is 0.200. The largest absolute Gasteiger partial charge is 0.494 e. The average Bonchev–Trinajstić information content (AvgIpc) is 2.34. The van der Waals surface area contributed by atoms with E-state index in [0.717, 1.165) is 18.7 Å². The summed E-state index contributed by atoms with van der Waals surface area (Å²) in [6, 6.07) is 4.88. The van der Waals surface area contributed by atoms with Gasteiger partial charge in [-0.2, -0.15) is 0 Å². The summed E-state index contributed by atoms with van der Waals surface area (Å²) in [4.78, 5) is 0. The summed E-state index contributed by atoms with van der Waals surface area (Å²) in [6.07, 6.45) is 3.80. The zero-order valence-corrected chi connectivity index (χ0v) is 10.2. The summed E-state index contributed by atoms with van der Waals surface area (Å²) in [7, 11) is 3.12. The molecule has 0 amide bonds. The van der Waals surface area contributed by atoms with Crippen molar-refractivity contribution in [2.24, 2.45) is 0 Å². The highest BCUT2D eigenvalue weighted by molar-refractivity contribution is 5.51. The highest BCUT2D eigenvalue weighted by Gasteiger charge is 2.00. The van der Waals surface area contributed by atoms with Crippen molar-refractivity contribution >= 4 is 6.08 Å². The van der Waals surface area contributed by atoms with Crippen LogP contribution in [0, 0.1) is 5.82 Å². The molecule has 0 heterocycles. The summed E-state index contributed by atoms with van der Waals surface area (Å²) in [5, 5.41) is 3.16. The Labute approximate surface area is 101 Å². The van der Waals surface area contributed by atoms with Gasteiger partial charge in [-0.1, -0.05) is 18.2 Å². The normalized spacial score (nSPS) is 11.0. The number of halogens is 1. The van der Waals surface area contributed by atoms with Crippen molar-refractivity contribution in [2.45, 2.75) is 0 Å². The SMILES string of the molecule is COCCNCC=Cc1ccc(OC)c(F)c1. The molecule has 0 aliphatic carbocycles.